The highest BCUT2D eigenvalue weighted by Gasteiger charge is 2.55. The van der Waals surface area contributed by atoms with Crippen LogP contribution in [0.3, 0.4) is 0 Å². The lowest BCUT2D eigenvalue weighted by molar-refractivity contribution is -0.169. The number of allylic oxidation sites excluding steroid dienone is 2. The Balaban J connectivity index is 1.14. The first kappa shape index (κ1) is 40.3. The molecule has 3 atom stereocenters. The molecule has 0 radical (unpaired) electrons. The molecule has 2 fully saturated rings. The van der Waals surface area contributed by atoms with Gasteiger partial charge in [0.05, 0.1) is 0 Å². The van der Waals surface area contributed by atoms with Crippen LogP contribution in [0, 0.1) is 0 Å². The van der Waals surface area contributed by atoms with Gasteiger partial charge in [0, 0.05) is 34.7 Å². The Hall–Kier alpha value is -5.93. The minimum absolute atomic E-state index is 0.00341. The van der Waals surface area contributed by atoms with Crippen molar-refractivity contribution < 1.29 is 38.2 Å². The van der Waals surface area contributed by atoms with Crippen molar-refractivity contribution in [3.05, 3.63) is 142 Å². The number of nitrogen functional groups attached to an aromatic ring is 1. The van der Waals surface area contributed by atoms with E-state index in [-0.39, 0.29) is 28.3 Å². The molecule has 3 N–H and O–H groups in total. The van der Waals surface area contributed by atoms with Crippen molar-refractivity contribution in [3.8, 4) is 0 Å². The molecule has 7 rings (SSSR count). The lowest BCUT2D eigenvalue weighted by Crippen LogP contribution is -2.71. The molecular formula is C43H43N5O8S2. The lowest BCUT2D eigenvalue weighted by atomic mass is 9.80. The van der Waals surface area contributed by atoms with E-state index in [1.165, 1.54) is 23.6 Å². The number of β-lactam (4-membered cyclic amide) rings is 1. The van der Waals surface area contributed by atoms with Crippen molar-refractivity contribution in [1.82, 2.24) is 15.2 Å². The molecule has 2 amide bonds. The molecule has 300 valence electrons. The molecule has 58 heavy (non-hydrogen) atoms. The van der Waals surface area contributed by atoms with Crippen LogP contribution in [0.5, 0.6) is 0 Å². The molecule has 2 aliphatic heterocycles. The van der Waals surface area contributed by atoms with Gasteiger partial charge >= 0.3 is 12.1 Å². The highest BCUT2D eigenvalue weighted by Crippen LogP contribution is 2.43. The number of fused-ring (bicyclic) bond motifs is 1. The molecule has 0 bridgehead atoms. The number of hydrogen-bond donors (Lipinski definition) is 2. The Labute approximate surface area is 344 Å². The highest BCUT2D eigenvalue weighted by atomic mass is 32.2. The minimum atomic E-state index is -1.31. The second-order valence-corrected chi connectivity index (χ2v) is 15.8. The van der Waals surface area contributed by atoms with Gasteiger partial charge in [-0.1, -0.05) is 115 Å². The summed E-state index contributed by atoms with van der Waals surface area (Å²) >= 11 is 2.49. The summed E-state index contributed by atoms with van der Waals surface area (Å²) in [5.74, 6) is -1.82. The zero-order valence-electron chi connectivity index (χ0n) is 31.9. The molecule has 15 heteroatoms. The van der Waals surface area contributed by atoms with Crippen LogP contribution in [0.4, 0.5) is 9.93 Å². The molecule has 2 unspecified atom stereocenters. The zero-order chi connectivity index (χ0) is 40.6. The number of ether oxygens (including phenoxy) is 3. The number of thioether (sulfide) groups is 1. The van der Waals surface area contributed by atoms with E-state index in [0.29, 0.717) is 11.3 Å². The van der Waals surface area contributed by atoms with Gasteiger partial charge in [-0.05, 0) is 38.2 Å². The summed E-state index contributed by atoms with van der Waals surface area (Å²) in [4.78, 5) is 66.7. The van der Waals surface area contributed by atoms with Gasteiger partial charge in [0.1, 0.15) is 28.9 Å². The maximum Gasteiger partial charge on any atom is 0.511 e. The van der Waals surface area contributed by atoms with Crippen LogP contribution in [0.15, 0.2) is 125 Å². The number of carbonyl (C=O) groups excluding carboxylic acids is 4. The number of benzene rings is 3. The number of esters is 1. The van der Waals surface area contributed by atoms with Crippen molar-refractivity contribution in [2.24, 2.45) is 5.16 Å². The number of hydrogen-bond acceptors (Lipinski definition) is 13. The van der Waals surface area contributed by atoms with E-state index in [4.69, 9.17) is 24.8 Å². The normalized spacial score (nSPS) is 19.2. The number of nitrogens with two attached hydrogens (primary N) is 1. The SMILES string of the molecule is C/C=C\C1=C(C(=O)OC(C)OC(=O)OC2CCCCC2)N2C(=O)C(NC(=O)/C(=N\OC(c3ccccc3)(c3ccccc3)c3ccccc3)c3csc(N)n3)[C@H]2SC1. The van der Waals surface area contributed by atoms with Gasteiger partial charge in [0.2, 0.25) is 11.9 Å². The Kier molecular flexibility index (Phi) is 12.6. The summed E-state index contributed by atoms with van der Waals surface area (Å²) in [5.41, 5.74) is 7.46. The summed E-state index contributed by atoms with van der Waals surface area (Å²) in [6.07, 6.45) is 5.55. The first-order chi connectivity index (χ1) is 28.2. The van der Waals surface area contributed by atoms with Gasteiger partial charge in [-0.15, -0.1) is 23.1 Å². The summed E-state index contributed by atoms with van der Waals surface area (Å²) in [6.45, 7) is 3.19. The van der Waals surface area contributed by atoms with Gasteiger partial charge in [0.15, 0.2) is 10.8 Å². The molecule has 1 aliphatic carbocycles. The molecule has 13 nitrogen and oxygen atoms in total. The summed E-state index contributed by atoms with van der Waals surface area (Å²) in [6, 6.07) is 27.6. The Morgan fingerprint density at radius 1 is 0.931 bits per heavy atom. The minimum Gasteiger partial charge on any atom is -0.431 e. The third kappa shape index (κ3) is 8.50. The van der Waals surface area contributed by atoms with E-state index >= 15 is 0 Å². The standard InChI is InChI=1S/C43H43N5O8S2/c1-3-16-28-25-57-39-35(38(50)48(39)36(28)40(51)53-27(2)54-42(52)55-32-23-14-7-15-24-32)46-37(49)34(33-26-58-41(44)45-33)47-56-43(29-17-8-4-9-18-29,30-19-10-5-11-20-30)31-21-12-6-13-22-31/h3-6,8-13,16-22,26-27,32,35,39H,7,14-15,23-25H2,1-2H3,(H2,44,45)(H,46,49)/b16-3-,47-34-/t27?,35?,39-/m1/s1. The molecule has 1 saturated carbocycles. The average molecular weight is 822 g/mol. The van der Waals surface area contributed by atoms with Gasteiger partial charge < -0.3 is 30.1 Å². The van der Waals surface area contributed by atoms with Crippen LogP contribution in [0.25, 0.3) is 0 Å². The van der Waals surface area contributed by atoms with E-state index in [2.05, 4.69) is 15.5 Å². The maximum absolute atomic E-state index is 14.3. The smallest absolute Gasteiger partial charge is 0.431 e. The fourth-order valence-corrected chi connectivity index (χ4v) is 9.14. The van der Waals surface area contributed by atoms with Crippen LogP contribution in [0.1, 0.15) is 68.3 Å². The van der Waals surface area contributed by atoms with E-state index in [1.54, 1.807) is 24.5 Å². The third-order valence-corrected chi connectivity index (χ3v) is 12.0. The number of thiazole rings is 1. The number of oxime groups is 1. The second kappa shape index (κ2) is 18.1. The lowest BCUT2D eigenvalue weighted by Gasteiger charge is -2.49. The van der Waals surface area contributed by atoms with E-state index in [9.17, 15) is 19.2 Å². The molecule has 0 spiro atoms. The number of aromatic nitrogens is 1. The molecule has 4 aromatic rings. The van der Waals surface area contributed by atoms with Crippen molar-refractivity contribution >= 4 is 57.9 Å². The fourth-order valence-electron chi connectivity index (χ4n) is 7.28. The predicted octanol–water partition coefficient (Wildman–Crippen LogP) is 7.04. The summed E-state index contributed by atoms with van der Waals surface area (Å²) in [7, 11) is 0. The van der Waals surface area contributed by atoms with Gasteiger partial charge in [-0.3, -0.25) is 14.5 Å². The van der Waals surface area contributed by atoms with E-state index < -0.39 is 47.2 Å². The van der Waals surface area contributed by atoms with Crippen molar-refractivity contribution in [2.45, 2.75) is 75.4 Å². The molecule has 1 saturated heterocycles. The Bertz CT molecular complexity index is 2110. The predicted molar refractivity (Wildman–Crippen MR) is 220 cm³/mol. The first-order valence-corrected chi connectivity index (χ1v) is 21.0. The Morgan fingerprint density at radius 2 is 1.53 bits per heavy atom. The van der Waals surface area contributed by atoms with Crippen LogP contribution in [-0.4, -0.2) is 69.1 Å². The zero-order valence-corrected chi connectivity index (χ0v) is 33.6. The van der Waals surface area contributed by atoms with Gasteiger partial charge in [0.25, 0.3) is 11.8 Å². The van der Waals surface area contributed by atoms with Crippen LogP contribution >= 0.6 is 23.1 Å². The number of rotatable bonds is 13. The number of nitrogens with zero attached hydrogens (tertiary/aromatic N) is 3. The quantitative estimate of drug-likeness (QED) is 0.0354. The molecule has 3 heterocycles. The highest BCUT2D eigenvalue weighted by molar-refractivity contribution is 8.00. The van der Waals surface area contributed by atoms with E-state index in [1.807, 2.05) is 91.0 Å². The summed E-state index contributed by atoms with van der Waals surface area (Å²) < 4.78 is 16.2. The Morgan fingerprint density at radius 3 is 2.09 bits per heavy atom. The molecule has 3 aromatic carbocycles. The van der Waals surface area contributed by atoms with Crippen LogP contribution < -0.4 is 11.1 Å². The maximum atomic E-state index is 14.3. The van der Waals surface area contributed by atoms with Crippen molar-refractivity contribution in [3.63, 3.8) is 0 Å². The number of amides is 2. The van der Waals surface area contributed by atoms with Crippen molar-refractivity contribution in [2.75, 3.05) is 11.5 Å². The molecule has 3 aliphatic rings. The monoisotopic (exact) mass is 821 g/mol. The number of carbonyl (C=O) groups is 4. The summed E-state index contributed by atoms with van der Waals surface area (Å²) in [5, 5.41) is 8.49. The third-order valence-electron chi connectivity index (χ3n) is 9.99. The second-order valence-electron chi connectivity index (χ2n) is 13.8. The van der Waals surface area contributed by atoms with Gasteiger partial charge in [-0.25, -0.2) is 14.6 Å². The topological polar surface area (TPSA) is 172 Å². The van der Waals surface area contributed by atoms with E-state index in [0.717, 1.165) is 60.1 Å². The van der Waals surface area contributed by atoms with Crippen LogP contribution in [0.2, 0.25) is 0 Å². The molecule has 1 aromatic heterocycles. The average Bonchev–Trinajstić information content (AvgIpc) is 3.68. The first-order valence-electron chi connectivity index (χ1n) is 19.0. The van der Waals surface area contributed by atoms with Crippen LogP contribution in [-0.2, 0) is 39.0 Å². The van der Waals surface area contributed by atoms with Crippen molar-refractivity contribution in [1.29, 1.82) is 0 Å². The largest absolute Gasteiger partial charge is 0.511 e. The fraction of sp³-hybridized carbons (Fsp3) is 0.302. The van der Waals surface area contributed by atoms with Gasteiger partial charge in [-0.2, -0.15) is 0 Å². The number of anilines is 1. The number of nitrogens with one attached hydrogen (secondary N) is 1. The molecular weight excluding hydrogens is 779 g/mol.